The van der Waals surface area contributed by atoms with E-state index in [4.69, 9.17) is 16.9 Å². The Balaban J connectivity index is 2.19. The number of nitrogens with zero attached hydrogens (tertiary/aromatic N) is 3. The zero-order valence-electron chi connectivity index (χ0n) is 9.99. The minimum absolute atomic E-state index is 0.616. The lowest BCUT2D eigenvalue weighted by Crippen LogP contribution is -2.28. The summed E-state index contributed by atoms with van der Waals surface area (Å²) in [5, 5.41) is 9.49. The lowest BCUT2D eigenvalue weighted by molar-refractivity contribution is 0.360. The molecule has 4 heteroatoms. The van der Waals surface area contributed by atoms with E-state index in [1.54, 1.807) is 6.07 Å². The van der Waals surface area contributed by atoms with Crippen molar-refractivity contribution in [1.29, 1.82) is 5.26 Å². The van der Waals surface area contributed by atoms with Gasteiger partial charge >= 0.3 is 0 Å². The second-order valence-corrected chi connectivity index (χ2v) is 4.83. The number of anilines is 1. The second-order valence-electron chi connectivity index (χ2n) is 4.42. The molecule has 0 unspecified atom stereocenters. The van der Waals surface area contributed by atoms with Gasteiger partial charge in [0.2, 0.25) is 0 Å². The van der Waals surface area contributed by atoms with Gasteiger partial charge in [-0.25, -0.2) is 0 Å². The number of likely N-dealkylation sites (N-methyl/N-ethyl adjacent to an activating group) is 1. The lowest BCUT2D eigenvalue weighted by Gasteiger charge is -2.23. The van der Waals surface area contributed by atoms with Gasteiger partial charge < -0.3 is 9.80 Å². The summed E-state index contributed by atoms with van der Waals surface area (Å²) < 4.78 is 0. The molecule has 0 N–H and O–H groups in total. The van der Waals surface area contributed by atoms with Crippen LogP contribution in [-0.2, 0) is 0 Å². The summed E-state index contributed by atoms with van der Waals surface area (Å²) in [5.41, 5.74) is 1.66. The van der Waals surface area contributed by atoms with E-state index in [0.717, 1.165) is 38.3 Å². The third-order valence-electron chi connectivity index (χ3n) is 3.14. The molecule has 2 rings (SSSR count). The summed E-state index contributed by atoms with van der Waals surface area (Å²) >= 11 is 6.22. The molecular weight excluding hydrogens is 234 g/mol. The first kappa shape index (κ1) is 12.2. The molecule has 0 aromatic heterocycles. The Bertz CT molecular complexity index is 439. The van der Waals surface area contributed by atoms with Crippen LogP contribution in [0.2, 0.25) is 5.02 Å². The monoisotopic (exact) mass is 249 g/mol. The van der Waals surface area contributed by atoms with Gasteiger partial charge in [-0.3, -0.25) is 0 Å². The highest BCUT2D eigenvalue weighted by molar-refractivity contribution is 6.33. The van der Waals surface area contributed by atoms with Crippen LogP contribution in [-0.4, -0.2) is 38.1 Å². The van der Waals surface area contributed by atoms with Crippen molar-refractivity contribution in [3.63, 3.8) is 0 Å². The van der Waals surface area contributed by atoms with Crippen molar-refractivity contribution >= 4 is 17.3 Å². The Morgan fingerprint density at radius 3 is 2.76 bits per heavy atom. The number of nitriles is 1. The van der Waals surface area contributed by atoms with E-state index < -0.39 is 0 Å². The molecular formula is C13H16ClN3. The Labute approximate surface area is 107 Å². The smallest absolute Gasteiger partial charge is 0.0992 e. The molecule has 1 aromatic rings. The van der Waals surface area contributed by atoms with Crippen molar-refractivity contribution in [1.82, 2.24) is 4.90 Å². The molecule has 1 aliphatic rings. The van der Waals surface area contributed by atoms with E-state index in [9.17, 15) is 0 Å². The quantitative estimate of drug-likeness (QED) is 0.766. The van der Waals surface area contributed by atoms with Gasteiger partial charge in [-0.1, -0.05) is 11.6 Å². The van der Waals surface area contributed by atoms with Crippen molar-refractivity contribution in [2.75, 3.05) is 38.1 Å². The number of hydrogen-bond acceptors (Lipinski definition) is 3. The third kappa shape index (κ3) is 2.91. The largest absolute Gasteiger partial charge is 0.369 e. The fourth-order valence-corrected chi connectivity index (χ4v) is 2.42. The summed E-state index contributed by atoms with van der Waals surface area (Å²) in [6.07, 6.45) is 1.15. The molecule has 1 heterocycles. The van der Waals surface area contributed by atoms with Crippen LogP contribution >= 0.6 is 11.6 Å². The maximum Gasteiger partial charge on any atom is 0.0992 e. The van der Waals surface area contributed by atoms with E-state index >= 15 is 0 Å². The van der Waals surface area contributed by atoms with Gasteiger partial charge in [-0.15, -0.1) is 0 Å². The van der Waals surface area contributed by atoms with E-state index in [1.165, 1.54) is 0 Å². The fourth-order valence-electron chi connectivity index (χ4n) is 2.12. The van der Waals surface area contributed by atoms with Gasteiger partial charge in [0, 0.05) is 19.6 Å². The van der Waals surface area contributed by atoms with Crippen molar-refractivity contribution in [2.24, 2.45) is 0 Å². The molecule has 3 nitrogen and oxygen atoms in total. The molecule has 1 saturated heterocycles. The van der Waals surface area contributed by atoms with Crippen LogP contribution in [0.4, 0.5) is 5.69 Å². The normalized spacial score (nSPS) is 17.6. The van der Waals surface area contributed by atoms with Gasteiger partial charge in [-0.2, -0.15) is 5.26 Å². The van der Waals surface area contributed by atoms with Crippen LogP contribution in [0.15, 0.2) is 18.2 Å². The molecule has 0 saturated carbocycles. The van der Waals surface area contributed by atoms with Crippen LogP contribution in [0.3, 0.4) is 0 Å². The summed E-state index contributed by atoms with van der Waals surface area (Å²) in [6, 6.07) is 7.63. The predicted molar refractivity (Wildman–Crippen MR) is 70.5 cm³/mol. The van der Waals surface area contributed by atoms with Crippen LogP contribution in [0.5, 0.6) is 0 Å². The average molecular weight is 250 g/mol. The van der Waals surface area contributed by atoms with Crippen molar-refractivity contribution < 1.29 is 0 Å². The van der Waals surface area contributed by atoms with Gasteiger partial charge in [0.15, 0.2) is 0 Å². The van der Waals surface area contributed by atoms with Crippen LogP contribution < -0.4 is 4.90 Å². The van der Waals surface area contributed by atoms with E-state index in [1.807, 2.05) is 12.1 Å². The molecule has 0 amide bonds. The predicted octanol–water partition coefficient (Wildman–Crippen LogP) is 2.35. The topological polar surface area (TPSA) is 30.3 Å². The molecule has 0 spiro atoms. The molecule has 0 radical (unpaired) electrons. The Hall–Kier alpha value is -1.24. The lowest BCUT2D eigenvalue weighted by atomic mass is 10.2. The highest BCUT2D eigenvalue weighted by Gasteiger charge is 2.15. The Morgan fingerprint density at radius 2 is 2.06 bits per heavy atom. The minimum Gasteiger partial charge on any atom is -0.369 e. The number of halogens is 1. The summed E-state index contributed by atoms with van der Waals surface area (Å²) in [7, 11) is 2.14. The minimum atomic E-state index is 0.616. The van der Waals surface area contributed by atoms with E-state index in [-0.39, 0.29) is 0 Å². The number of benzene rings is 1. The molecule has 0 bridgehead atoms. The molecule has 0 atom stereocenters. The van der Waals surface area contributed by atoms with Crippen LogP contribution in [0.1, 0.15) is 12.0 Å². The molecule has 17 heavy (non-hydrogen) atoms. The van der Waals surface area contributed by atoms with Gasteiger partial charge in [0.25, 0.3) is 0 Å². The third-order valence-corrected chi connectivity index (χ3v) is 3.44. The molecule has 1 aromatic carbocycles. The van der Waals surface area contributed by atoms with Gasteiger partial charge in [-0.05, 0) is 38.2 Å². The first-order valence-corrected chi connectivity index (χ1v) is 6.21. The molecule has 90 valence electrons. The van der Waals surface area contributed by atoms with Gasteiger partial charge in [0.1, 0.15) is 0 Å². The maximum atomic E-state index is 8.81. The zero-order valence-corrected chi connectivity index (χ0v) is 10.7. The maximum absolute atomic E-state index is 8.81. The zero-order chi connectivity index (χ0) is 12.3. The van der Waals surface area contributed by atoms with Gasteiger partial charge in [0.05, 0.1) is 22.3 Å². The number of hydrogen-bond donors (Lipinski definition) is 0. The van der Waals surface area contributed by atoms with Crippen LogP contribution in [0.25, 0.3) is 0 Å². The highest BCUT2D eigenvalue weighted by atomic mass is 35.5. The van der Waals surface area contributed by atoms with Crippen molar-refractivity contribution in [2.45, 2.75) is 6.42 Å². The fraction of sp³-hybridized carbons (Fsp3) is 0.462. The van der Waals surface area contributed by atoms with E-state index in [2.05, 4.69) is 22.9 Å². The summed E-state index contributed by atoms with van der Waals surface area (Å²) in [5.74, 6) is 0. The first-order valence-electron chi connectivity index (χ1n) is 5.84. The Kier molecular flexibility index (Phi) is 3.88. The molecule has 1 aliphatic heterocycles. The highest BCUT2D eigenvalue weighted by Crippen LogP contribution is 2.27. The number of rotatable bonds is 1. The standard InChI is InChI=1S/C13H16ClN3/c1-16-5-2-6-17(8-7-16)13-4-3-11(10-15)9-12(13)14/h3-4,9H,2,5-8H2,1H3. The van der Waals surface area contributed by atoms with Crippen LogP contribution in [0, 0.1) is 11.3 Å². The molecule has 0 aliphatic carbocycles. The van der Waals surface area contributed by atoms with Crippen molar-refractivity contribution in [3.8, 4) is 6.07 Å². The second kappa shape index (κ2) is 5.39. The average Bonchev–Trinajstić information content (AvgIpc) is 2.54. The van der Waals surface area contributed by atoms with E-state index in [0.29, 0.717) is 10.6 Å². The first-order chi connectivity index (χ1) is 8.20. The summed E-state index contributed by atoms with van der Waals surface area (Å²) in [6.45, 7) is 4.19. The molecule has 1 fully saturated rings. The Morgan fingerprint density at radius 1 is 1.24 bits per heavy atom. The van der Waals surface area contributed by atoms with Crippen molar-refractivity contribution in [3.05, 3.63) is 28.8 Å². The SMILES string of the molecule is CN1CCCN(c2ccc(C#N)cc2Cl)CC1. The summed E-state index contributed by atoms with van der Waals surface area (Å²) in [4.78, 5) is 4.63.